The Kier molecular flexibility index (Phi) is 9.23. The first kappa shape index (κ1) is 22.5. The number of aliphatic imine (C=N–C) groups is 1. The van der Waals surface area contributed by atoms with Crippen molar-refractivity contribution in [3.05, 3.63) is 47.1 Å². The van der Waals surface area contributed by atoms with Crippen molar-refractivity contribution < 1.29 is 23.0 Å². The fourth-order valence-electron chi connectivity index (χ4n) is 2.36. The summed E-state index contributed by atoms with van der Waals surface area (Å²) < 4.78 is 41.1. The van der Waals surface area contributed by atoms with Crippen LogP contribution in [0.25, 0.3) is 0 Å². The number of rotatable bonds is 10. The molecule has 10 heteroatoms. The number of pyridine rings is 1. The third kappa shape index (κ3) is 7.61. The van der Waals surface area contributed by atoms with E-state index in [4.69, 9.17) is 21.1 Å². The molecule has 0 saturated heterocycles. The van der Waals surface area contributed by atoms with Crippen molar-refractivity contribution in [1.82, 2.24) is 15.6 Å². The van der Waals surface area contributed by atoms with E-state index in [2.05, 4.69) is 25.3 Å². The zero-order valence-electron chi connectivity index (χ0n) is 16.1. The molecule has 1 aromatic heterocycles. The molecule has 0 atom stereocenters. The van der Waals surface area contributed by atoms with Crippen molar-refractivity contribution >= 4 is 17.6 Å². The average molecular weight is 429 g/mol. The molecule has 158 valence electrons. The summed E-state index contributed by atoms with van der Waals surface area (Å²) in [4.78, 5) is 8.13. The van der Waals surface area contributed by atoms with Crippen molar-refractivity contribution in [3.63, 3.8) is 0 Å². The first-order valence-corrected chi connectivity index (χ1v) is 9.29. The monoisotopic (exact) mass is 428 g/mol. The Bertz CT molecular complexity index is 792. The number of benzene rings is 1. The van der Waals surface area contributed by atoms with Crippen LogP contribution >= 0.6 is 11.6 Å². The number of guanidine groups is 1. The van der Waals surface area contributed by atoms with Gasteiger partial charge in [0.05, 0.1) is 18.2 Å². The van der Waals surface area contributed by atoms with Gasteiger partial charge in [-0.25, -0.2) is 4.98 Å². The summed E-state index contributed by atoms with van der Waals surface area (Å²) in [7, 11) is 1.60. The van der Waals surface area contributed by atoms with Gasteiger partial charge in [0, 0.05) is 31.4 Å². The highest BCUT2D eigenvalue weighted by Gasteiger charge is 2.16. The number of ether oxygens (including phenoxy) is 3. The van der Waals surface area contributed by atoms with Gasteiger partial charge in [0.25, 0.3) is 0 Å². The molecule has 0 fully saturated rings. The molecule has 0 unspecified atom stereocenters. The van der Waals surface area contributed by atoms with E-state index >= 15 is 0 Å². The second-order valence-electron chi connectivity index (χ2n) is 5.57. The molecule has 2 aromatic rings. The molecule has 0 bridgehead atoms. The molecule has 1 heterocycles. The minimum Gasteiger partial charge on any atom is -0.490 e. The standard InChI is InChI=1S/C19H23ClF2N4O3/c1-3-27-15-6-4-5-13(17(15)29-18(21)22)11-26-19(23-2)24-9-10-28-16-8-7-14(20)12-25-16/h4-8,12,18H,3,9-11H2,1-2H3,(H2,23,24,26). The van der Waals surface area contributed by atoms with E-state index in [9.17, 15) is 8.78 Å². The van der Waals surface area contributed by atoms with Gasteiger partial charge < -0.3 is 24.8 Å². The van der Waals surface area contributed by atoms with E-state index in [0.717, 1.165) is 0 Å². The first-order valence-electron chi connectivity index (χ1n) is 8.91. The third-order valence-electron chi connectivity index (χ3n) is 3.58. The van der Waals surface area contributed by atoms with Gasteiger partial charge in [0.15, 0.2) is 17.5 Å². The maximum atomic E-state index is 12.8. The maximum absolute atomic E-state index is 12.8. The lowest BCUT2D eigenvalue weighted by Gasteiger charge is -2.17. The van der Waals surface area contributed by atoms with Crippen LogP contribution in [0.5, 0.6) is 17.4 Å². The molecule has 2 rings (SSSR count). The lowest BCUT2D eigenvalue weighted by Crippen LogP contribution is -2.39. The largest absolute Gasteiger partial charge is 0.490 e. The van der Waals surface area contributed by atoms with Gasteiger partial charge in [0.1, 0.15) is 6.61 Å². The lowest BCUT2D eigenvalue weighted by atomic mass is 10.2. The SMILES string of the molecule is CCOc1cccc(CNC(=NC)NCCOc2ccc(Cl)cn2)c1OC(F)F. The van der Waals surface area contributed by atoms with Crippen LogP contribution in [0.1, 0.15) is 12.5 Å². The van der Waals surface area contributed by atoms with Gasteiger partial charge in [-0.2, -0.15) is 8.78 Å². The Labute approximate surface area is 173 Å². The van der Waals surface area contributed by atoms with Gasteiger partial charge in [-0.15, -0.1) is 0 Å². The van der Waals surface area contributed by atoms with Gasteiger partial charge in [-0.1, -0.05) is 23.7 Å². The van der Waals surface area contributed by atoms with Crippen molar-refractivity contribution in [2.24, 2.45) is 4.99 Å². The highest BCUT2D eigenvalue weighted by Crippen LogP contribution is 2.32. The first-order chi connectivity index (χ1) is 14.0. The summed E-state index contributed by atoms with van der Waals surface area (Å²) in [6, 6.07) is 8.33. The Hall–Kier alpha value is -2.81. The van der Waals surface area contributed by atoms with Gasteiger partial charge in [-0.3, -0.25) is 4.99 Å². The van der Waals surface area contributed by atoms with Crippen LogP contribution in [0, 0.1) is 0 Å². The minimum atomic E-state index is -2.95. The summed E-state index contributed by atoms with van der Waals surface area (Å²) in [6.45, 7) is 0.152. The Morgan fingerprint density at radius 3 is 2.69 bits per heavy atom. The molecule has 7 nitrogen and oxygen atoms in total. The van der Waals surface area contributed by atoms with Gasteiger partial charge >= 0.3 is 6.61 Å². The van der Waals surface area contributed by atoms with Gasteiger partial charge in [0.2, 0.25) is 5.88 Å². The number of nitrogens with one attached hydrogen (secondary N) is 2. The third-order valence-corrected chi connectivity index (χ3v) is 3.81. The molecule has 29 heavy (non-hydrogen) atoms. The molecule has 2 N–H and O–H groups in total. The summed E-state index contributed by atoms with van der Waals surface area (Å²) in [6.07, 6.45) is 1.50. The van der Waals surface area contributed by atoms with E-state index < -0.39 is 6.61 Å². The number of nitrogens with zero attached hydrogens (tertiary/aromatic N) is 2. The predicted octanol–water partition coefficient (Wildman–Crippen LogP) is 3.48. The summed E-state index contributed by atoms with van der Waals surface area (Å²) in [5.74, 6) is 1.20. The van der Waals surface area contributed by atoms with E-state index in [-0.39, 0.29) is 18.0 Å². The fraction of sp³-hybridized carbons (Fsp3) is 0.368. The summed E-state index contributed by atoms with van der Waals surface area (Å²) in [5, 5.41) is 6.64. The smallest absolute Gasteiger partial charge is 0.387 e. The van der Waals surface area contributed by atoms with E-state index in [0.29, 0.717) is 42.2 Å². The number of para-hydroxylation sites is 1. The van der Waals surface area contributed by atoms with Crippen molar-refractivity contribution in [3.8, 4) is 17.4 Å². The van der Waals surface area contributed by atoms with Crippen LogP contribution in [0.15, 0.2) is 41.5 Å². The molecule has 0 saturated carbocycles. The number of halogens is 3. The molecule has 1 aromatic carbocycles. The Morgan fingerprint density at radius 1 is 1.21 bits per heavy atom. The summed E-state index contributed by atoms with van der Waals surface area (Å²) >= 11 is 5.77. The lowest BCUT2D eigenvalue weighted by molar-refractivity contribution is -0.0520. The summed E-state index contributed by atoms with van der Waals surface area (Å²) in [5.41, 5.74) is 0.515. The highest BCUT2D eigenvalue weighted by molar-refractivity contribution is 6.30. The van der Waals surface area contributed by atoms with Crippen molar-refractivity contribution in [1.29, 1.82) is 0 Å². The highest BCUT2D eigenvalue weighted by atomic mass is 35.5. The van der Waals surface area contributed by atoms with Crippen LogP contribution in [-0.2, 0) is 6.54 Å². The molecule has 0 aliphatic carbocycles. The van der Waals surface area contributed by atoms with Crippen LogP contribution in [-0.4, -0.2) is 44.4 Å². The quantitative estimate of drug-likeness (QED) is 0.343. The van der Waals surface area contributed by atoms with E-state index in [1.165, 1.54) is 6.20 Å². The molecule has 0 aliphatic rings. The Balaban J connectivity index is 1.88. The molecular formula is C19H23ClF2N4O3. The normalized spacial score (nSPS) is 11.3. The van der Waals surface area contributed by atoms with Crippen LogP contribution in [0.4, 0.5) is 8.78 Å². The predicted molar refractivity (Wildman–Crippen MR) is 107 cm³/mol. The average Bonchev–Trinajstić information content (AvgIpc) is 2.70. The maximum Gasteiger partial charge on any atom is 0.387 e. The molecular weight excluding hydrogens is 406 g/mol. The molecule has 0 radical (unpaired) electrons. The van der Waals surface area contributed by atoms with Crippen LogP contribution < -0.4 is 24.8 Å². The molecule has 0 amide bonds. The second kappa shape index (κ2) is 11.9. The number of hydrogen-bond acceptors (Lipinski definition) is 5. The topological polar surface area (TPSA) is 77.0 Å². The zero-order valence-corrected chi connectivity index (χ0v) is 16.9. The zero-order chi connectivity index (χ0) is 21.1. The Morgan fingerprint density at radius 2 is 2.03 bits per heavy atom. The second-order valence-corrected chi connectivity index (χ2v) is 6.01. The minimum absolute atomic E-state index is 0.00412. The fourth-order valence-corrected chi connectivity index (χ4v) is 2.48. The van der Waals surface area contributed by atoms with Crippen molar-refractivity contribution in [2.45, 2.75) is 20.1 Å². The van der Waals surface area contributed by atoms with Gasteiger partial charge in [-0.05, 0) is 19.1 Å². The van der Waals surface area contributed by atoms with E-state index in [1.807, 2.05) is 0 Å². The van der Waals surface area contributed by atoms with E-state index in [1.54, 1.807) is 44.3 Å². The molecule has 0 aliphatic heterocycles. The van der Waals surface area contributed by atoms with Crippen molar-refractivity contribution in [2.75, 3.05) is 26.8 Å². The van der Waals surface area contributed by atoms with Crippen LogP contribution in [0.2, 0.25) is 5.02 Å². The molecule has 0 spiro atoms. The number of alkyl halides is 2. The number of hydrogen-bond donors (Lipinski definition) is 2. The van der Waals surface area contributed by atoms with Crippen LogP contribution in [0.3, 0.4) is 0 Å². The number of aromatic nitrogens is 1.